The summed E-state index contributed by atoms with van der Waals surface area (Å²) in [5, 5.41) is 19.2. The summed E-state index contributed by atoms with van der Waals surface area (Å²) in [5.74, 6) is -0.216. The van der Waals surface area contributed by atoms with Gasteiger partial charge in [0.05, 0.1) is 12.0 Å². The molecule has 1 aromatic carbocycles. The first-order valence-corrected chi connectivity index (χ1v) is 5.74. The van der Waals surface area contributed by atoms with Gasteiger partial charge in [0.2, 0.25) is 0 Å². The van der Waals surface area contributed by atoms with Gasteiger partial charge < -0.3 is 15.1 Å². The monoisotopic (exact) mass is 257 g/mol. The molecule has 0 radical (unpaired) electrons. The maximum Gasteiger partial charge on any atom is 0.253 e. The van der Waals surface area contributed by atoms with Gasteiger partial charge in [0.15, 0.2) is 0 Å². The summed E-state index contributed by atoms with van der Waals surface area (Å²) in [6.07, 6.45) is -2.12. The molecular formula is C12H16ClNO3. The second-order valence-electron chi connectivity index (χ2n) is 3.99. The van der Waals surface area contributed by atoms with E-state index in [4.69, 9.17) is 11.6 Å². The number of carbonyl (C=O) groups is 1. The molecule has 4 nitrogen and oxygen atoms in total. The first kappa shape index (κ1) is 14.0. The van der Waals surface area contributed by atoms with E-state index in [0.717, 1.165) is 0 Å². The molecule has 0 saturated heterocycles. The third kappa shape index (κ3) is 3.43. The molecule has 1 aromatic rings. The number of rotatable bonds is 4. The van der Waals surface area contributed by atoms with E-state index < -0.39 is 12.2 Å². The summed E-state index contributed by atoms with van der Waals surface area (Å²) in [5.41, 5.74) is 0.944. The maximum atomic E-state index is 11.7. The number of hydrogen-bond donors (Lipinski definition) is 2. The van der Waals surface area contributed by atoms with E-state index in [1.54, 1.807) is 38.4 Å². The molecule has 0 aromatic heterocycles. The first-order chi connectivity index (χ1) is 7.97. The normalized spacial score (nSPS) is 14.2. The number of carbonyl (C=O) groups excluding carboxylic acids is 1. The fourth-order valence-electron chi connectivity index (χ4n) is 1.42. The lowest BCUT2D eigenvalue weighted by Gasteiger charge is -2.17. The van der Waals surface area contributed by atoms with Crippen LogP contribution in [0.25, 0.3) is 0 Å². The zero-order valence-corrected chi connectivity index (χ0v) is 10.6. The van der Waals surface area contributed by atoms with Gasteiger partial charge in [0.25, 0.3) is 5.91 Å². The SMILES string of the molecule is CN(C)C(=O)c1cccc(C(O)C(O)CCl)c1. The standard InChI is InChI=1S/C12H16ClNO3/c1-14(2)12(17)9-5-3-4-8(6-9)11(16)10(15)7-13/h3-6,10-11,15-16H,7H2,1-2H3. The van der Waals surface area contributed by atoms with E-state index in [1.807, 2.05) is 0 Å². The highest BCUT2D eigenvalue weighted by atomic mass is 35.5. The predicted octanol–water partition coefficient (Wildman–Crippen LogP) is 1.02. The zero-order valence-electron chi connectivity index (χ0n) is 9.80. The highest BCUT2D eigenvalue weighted by Gasteiger charge is 2.18. The summed E-state index contributed by atoms with van der Waals surface area (Å²) in [4.78, 5) is 13.2. The summed E-state index contributed by atoms with van der Waals surface area (Å²) >= 11 is 5.46. The van der Waals surface area contributed by atoms with Crippen molar-refractivity contribution in [3.05, 3.63) is 35.4 Å². The molecule has 0 aliphatic rings. The molecule has 2 atom stereocenters. The van der Waals surface area contributed by atoms with Gasteiger partial charge in [-0.05, 0) is 17.7 Å². The smallest absolute Gasteiger partial charge is 0.253 e. The number of aliphatic hydroxyl groups excluding tert-OH is 2. The van der Waals surface area contributed by atoms with E-state index in [-0.39, 0.29) is 11.8 Å². The number of aliphatic hydroxyl groups is 2. The quantitative estimate of drug-likeness (QED) is 0.792. The van der Waals surface area contributed by atoms with Crippen molar-refractivity contribution in [1.82, 2.24) is 4.90 Å². The lowest BCUT2D eigenvalue weighted by Crippen LogP contribution is -2.23. The summed E-state index contributed by atoms with van der Waals surface area (Å²) in [6, 6.07) is 6.53. The van der Waals surface area contributed by atoms with E-state index in [0.29, 0.717) is 11.1 Å². The van der Waals surface area contributed by atoms with E-state index in [9.17, 15) is 15.0 Å². The number of halogens is 1. The Morgan fingerprint density at radius 1 is 1.41 bits per heavy atom. The molecule has 0 fully saturated rings. The molecule has 94 valence electrons. The van der Waals surface area contributed by atoms with Gasteiger partial charge in [-0.15, -0.1) is 11.6 Å². The van der Waals surface area contributed by atoms with Crippen molar-refractivity contribution in [3.8, 4) is 0 Å². The van der Waals surface area contributed by atoms with E-state index >= 15 is 0 Å². The minimum atomic E-state index is -1.08. The van der Waals surface area contributed by atoms with Gasteiger partial charge in [-0.1, -0.05) is 12.1 Å². The van der Waals surface area contributed by atoms with Crippen molar-refractivity contribution < 1.29 is 15.0 Å². The van der Waals surface area contributed by atoms with Gasteiger partial charge in [0.1, 0.15) is 6.10 Å². The van der Waals surface area contributed by atoms with Crippen LogP contribution in [0.3, 0.4) is 0 Å². The van der Waals surface area contributed by atoms with Gasteiger partial charge >= 0.3 is 0 Å². The van der Waals surface area contributed by atoms with Crippen LogP contribution in [-0.4, -0.2) is 47.1 Å². The van der Waals surface area contributed by atoms with Gasteiger partial charge in [-0.3, -0.25) is 4.79 Å². The minimum absolute atomic E-state index is 0.0625. The minimum Gasteiger partial charge on any atom is -0.389 e. The van der Waals surface area contributed by atoms with Crippen molar-refractivity contribution in [2.75, 3.05) is 20.0 Å². The molecule has 1 amide bonds. The molecule has 0 saturated carbocycles. The van der Waals surface area contributed by atoms with Crippen molar-refractivity contribution in [3.63, 3.8) is 0 Å². The lowest BCUT2D eigenvalue weighted by molar-refractivity contribution is 0.0326. The van der Waals surface area contributed by atoms with Gasteiger partial charge in [-0.25, -0.2) is 0 Å². The van der Waals surface area contributed by atoms with Crippen LogP contribution in [0.4, 0.5) is 0 Å². The molecule has 2 unspecified atom stereocenters. The fraction of sp³-hybridized carbons (Fsp3) is 0.417. The van der Waals surface area contributed by atoms with Crippen LogP contribution in [0.1, 0.15) is 22.0 Å². The Hall–Kier alpha value is -1.10. The van der Waals surface area contributed by atoms with Crippen LogP contribution in [-0.2, 0) is 0 Å². The van der Waals surface area contributed by atoms with Gasteiger partial charge in [0, 0.05) is 19.7 Å². The van der Waals surface area contributed by atoms with Crippen molar-refractivity contribution in [2.45, 2.75) is 12.2 Å². The average Bonchev–Trinajstić information content (AvgIpc) is 2.35. The second-order valence-corrected chi connectivity index (χ2v) is 4.30. The fourth-order valence-corrected chi connectivity index (χ4v) is 1.59. The van der Waals surface area contributed by atoms with Crippen LogP contribution >= 0.6 is 11.6 Å². The Bertz CT molecular complexity index is 395. The van der Waals surface area contributed by atoms with Crippen LogP contribution < -0.4 is 0 Å². The number of nitrogens with zero attached hydrogens (tertiary/aromatic N) is 1. The highest BCUT2D eigenvalue weighted by Crippen LogP contribution is 2.19. The maximum absolute atomic E-state index is 11.7. The Balaban J connectivity index is 2.97. The Labute approximate surface area is 105 Å². The number of amides is 1. The second kappa shape index (κ2) is 6.00. The van der Waals surface area contributed by atoms with Crippen molar-refractivity contribution in [1.29, 1.82) is 0 Å². The number of alkyl halides is 1. The lowest BCUT2D eigenvalue weighted by atomic mass is 10.0. The molecule has 2 N–H and O–H groups in total. The Morgan fingerprint density at radius 3 is 2.59 bits per heavy atom. The number of hydrogen-bond acceptors (Lipinski definition) is 3. The summed E-state index contributed by atoms with van der Waals surface area (Å²) < 4.78 is 0. The molecule has 5 heteroatoms. The Morgan fingerprint density at radius 2 is 2.06 bits per heavy atom. The molecule has 1 rings (SSSR count). The first-order valence-electron chi connectivity index (χ1n) is 5.21. The zero-order chi connectivity index (χ0) is 13.0. The molecule has 0 heterocycles. The van der Waals surface area contributed by atoms with Crippen LogP contribution in [0, 0.1) is 0 Å². The molecular weight excluding hydrogens is 242 g/mol. The molecule has 17 heavy (non-hydrogen) atoms. The third-order valence-corrected chi connectivity index (χ3v) is 2.72. The molecule has 0 aliphatic carbocycles. The molecule has 0 aliphatic heterocycles. The van der Waals surface area contributed by atoms with Crippen LogP contribution in [0.2, 0.25) is 0 Å². The molecule has 0 bridgehead atoms. The highest BCUT2D eigenvalue weighted by molar-refractivity contribution is 6.18. The molecule has 0 spiro atoms. The number of benzene rings is 1. The third-order valence-electron chi connectivity index (χ3n) is 2.40. The summed E-state index contributed by atoms with van der Waals surface area (Å²) in [7, 11) is 3.30. The van der Waals surface area contributed by atoms with Crippen molar-refractivity contribution >= 4 is 17.5 Å². The topological polar surface area (TPSA) is 60.8 Å². The van der Waals surface area contributed by atoms with Crippen LogP contribution in [0.5, 0.6) is 0 Å². The van der Waals surface area contributed by atoms with E-state index in [2.05, 4.69) is 0 Å². The van der Waals surface area contributed by atoms with E-state index in [1.165, 1.54) is 4.90 Å². The van der Waals surface area contributed by atoms with Crippen molar-refractivity contribution in [2.24, 2.45) is 0 Å². The largest absolute Gasteiger partial charge is 0.389 e. The Kier molecular flexibility index (Phi) is 4.93. The van der Waals surface area contributed by atoms with Gasteiger partial charge in [-0.2, -0.15) is 0 Å². The van der Waals surface area contributed by atoms with Crippen LogP contribution in [0.15, 0.2) is 24.3 Å². The summed E-state index contributed by atoms with van der Waals surface area (Å²) in [6.45, 7) is 0. The average molecular weight is 258 g/mol. The predicted molar refractivity (Wildman–Crippen MR) is 66.1 cm³/mol.